The summed E-state index contributed by atoms with van der Waals surface area (Å²) in [6.07, 6.45) is 0. The maximum absolute atomic E-state index is 6.00. The van der Waals surface area contributed by atoms with Gasteiger partial charge >= 0.3 is 0 Å². The van der Waals surface area contributed by atoms with E-state index in [0.717, 1.165) is 27.4 Å². The van der Waals surface area contributed by atoms with Gasteiger partial charge in [0.1, 0.15) is 5.82 Å². The van der Waals surface area contributed by atoms with Crippen LogP contribution in [-0.4, -0.2) is 9.97 Å². The average Bonchev–Trinajstić information content (AvgIpc) is 3.00. The van der Waals surface area contributed by atoms with Crippen LogP contribution >= 0.6 is 22.9 Å². The fourth-order valence-corrected chi connectivity index (χ4v) is 3.39. The van der Waals surface area contributed by atoms with E-state index in [9.17, 15) is 0 Å². The number of benzene rings is 2. The van der Waals surface area contributed by atoms with Gasteiger partial charge in [-0.1, -0.05) is 29.8 Å². The van der Waals surface area contributed by atoms with Crippen molar-refractivity contribution in [3.05, 3.63) is 52.9 Å². The highest BCUT2D eigenvalue weighted by molar-refractivity contribution is 7.17. The second-order valence-corrected chi connectivity index (χ2v) is 5.74. The van der Waals surface area contributed by atoms with Crippen molar-refractivity contribution in [1.29, 1.82) is 0 Å². The second kappa shape index (κ2) is 4.08. The van der Waals surface area contributed by atoms with E-state index in [1.807, 2.05) is 18.2 Å². The van der Waals surface area contributed by atoms with Gasteiger partial charge in [-0.3, -0.25) is 0 Å². The van der Waals surface area contributed by atoms with Gasteiger partial charge in [-0.15, -0.1) is 11.3 Å². The summed E-state index contributed by atoms with van der Waals surface area (Å²) in [6.45, 7) is 0. The molecule has 0 unspecified atom stereocenters. The van der Waals surface area contributed by atoms with Crippen molar-refractivity contribution in [3.63, 3.8) is 0 Å². The lowest BCUT2D eigenvalue weighted by atomic mass is 10.2. The monoisotopic (exact) mass is 284 g/mol. The molecule has 0 atom stereocenters. The molecular weight excluding hydrogens is 276 g/mol. The molecule has 0 spiro atoms. The summed E-state index contributed by atoms with van der Waals surface area (Å²) < 4.78 is 1.27. The normalized spacial score (nSPS) is 11.4. The third-order valence-corrected chi connectivity index (χ3v) is 4.38. The number of halogens is 1. The molecule has 19 heavy (non-hydrogen) atoms. The number of nitrogens with one attached hydrogen (secondary N) is 1. The minimum Gasteiger partial charge on any atom is -0.338 e. The van der Waals surface area contributed by atoms with Gasteiger partial charge in [0.15, 0.2) is 0 Å². The Morgan fingerprint density at radius 1 is 1.11 bits per heavy atom. The van der Waals surface area contributed by atoms with Crippen LogP contribution in [-0.2, 0) is 0 Å². The number of fused-ring (bicyclic) bond motifs is 2. The Morgan fingerprint density at radius 3 is 2.95 bits per heavy atom. The molecule has 0 radical (unpaired) electrons. The predicted molar refractivity (Wildman–Crippen MR) is 81.9 cm³/mol. The molecule has 0 saturated heterocycles. The lowest BCUT2D eigenvalue weighted by molar-refractivity contribution is 1.35. The van der Waals surface area contributed by atoms with Gasteiger partial charge in [-0.2, -0.15) is 0 Å². The third-order valence-electron chi connectivity index (χ3n) is 3.18. The summed E-state index contributed by atoms with van der Waals surface area (Å²) in [4.78, 5) is 7.98. The number of H-pyrrole nitrogens is 1. The van der Waals surface area contributed by atoms with Gasteiger partial charge in [0.05, 0.1) is 11.0 Å². The Kier molecular flexibility index (Phi) is 2.37. The fraction of sp³-hybridized carbons (Fsp3) is 0. The topological polar surface area (TPSA) is 28.7 Å². The molecule has 4 aromatic rings. The van der Waals surface area contributed by atoms with Gasteiger partial charge < -0.3 is 4.98 Å². The zero-order valence-electron chi connectivity index (χ0n) is 9.85. The number of nitrogens with zero attached hydrogens (tertiary/aromatic N) is 1. The Morgan fingerprint density at radius 2 is 2.00 bits per heavy atom. The quantitative estimate of drug-likeness (QED) is 0.518. The molecule has 0 fully saturated rings. The molecule has 4 rings (SSSR count). The van der Waals surface area contributed by atoms with Crippen LogP contribution in [0.1, 0.15) is 0 Å². The van der Waals surface area contributed by atoms with E-state index in [1.54, 1.807) is 11.3 Å². The van der Waals surface area contributed by atoms with E-state index < -0.39 is 0 Å². The lowest BCUT2D eigenvalue weighted by Gasteiger charge is -1.93. The number of thiophene rings is 1. The van der Waals surface area contributed by atoms with E-state index in [-0.39, 0.29) is 0 Å². The van der Waals surface area contributed by atoms with E-state index in [2.05, 4.69) is 39.6 Å². The van der Waals surface area contributed by atoms with Crippen molar-refractivity contribution in [1.82, 2.24) is 9.97 Å². The maximum atomic E-state index is 6.00. The van der Waals surface area contributed by atoms with Crippen molar-refractivity contribution in [2.24, 2.45) is 0 Å². The minimum absolute atomic E-state index is 0.720. The van der Waals surface area contributed by atoms with E-state index in [0.29, 0.717) is 0 Å². The third kappa shape index (κ3) is 1.74. The molecule has 0 bridgehead atoms. The second-order valence-electron chi connectivity index (χ2n) is 4.39. The molecule has 0 amide bonds. The first-order valence-corrected chi connectivity index (χ1v) is 7.19. The molecule has 0 aliphatic heterocycles. The van der Waals surface area contributed by atoms with Crippen molar-refractivity contribution < 1.29 is 0 Å². The van der Waals surface area contributed by atoms with Crippen molar-refractivity contribution in [2.45, 2.75) is 0 Å². The number of rotatable bonds is 1. The van der Waals surface area contributed by atoms with Crippen LogP contribution in [0.3, 0.4) is 0 Å². The van der Waals surface area contributed by atoms with Gasteiger partial charge in [0.2, 0.25) is 0 Å². The number of hydrogen-bond donors (Lipinski definition) is 1. The van der Waals surface area contributed by atoms with E-state index >= 15 is 0 Å². The molecule has 2 aromatic heterocycles. The summed E-state index contributed by atoms with van der Waals surface area (Å²) in [6, 6.07) is 14.1. The average molecular weight is 285 g/mol. The Hall–Kier alpha value is -1.84. The summed E-state index contributed by atoms with van der Waals surface area (Å²) in [5.74, 6) is 0.898. The Balaban J connectivity index is 1.99. The number of imidazole rings is 1. The molecule has 1 N–H and O–H groups in total. The minimum atomic E-state index is 0.720. The van der Waals surface area contributed by atoms with E-state index in [4.69, 9.17) is 11.6 Å². The highest BCUT2D eigenvalue weighted by atomic mass is 35.5. The van der Waals surface area contributed by atoms with Crippen LogP contribution in [0.4, 0.5) is 0 Å². The smallest absolute Gasteiger partial charge is 0.139 e. The highest BCUT2D eigenvalue weighted by Crippen LogP contribution is 2.33. The van der Waals surface area contributed by atoms with Gasteiger partial charge in [-0.25, -0.2) is 4.98 Å². The number of hydrogen-bond acceptors (Lipinski definition) is 2. The van der Waals surface area contributed by atoms with Crippen molar-refractivity contribution in [3.8, 4) is 11.4 Å². The molecule has 0 aliphatic rings. The van der Waals surface area contributed by atoms with Crippen molar-refractivity contribution in [2.75, 3.05) is 0 Å². The number of aromatic amines is 1. The standard InChI is InChI=1S/C15H9ClN2S/c16-9-5-6-12-13(7-9)18-15(17-12)11-8-19-14-4-2-1-3-10(11)14/h1-8H,(H,17,18). The molecule has 4 heteroatoms. The molecule has 2 heterocycles. The highest BCUT2D eigenvalue weighted by Gasteiger charge is 2.10. The molecule has 0 saturated carbocycles. The molecule has 0 aliphatic carbocycles. The van der Waals surface area contributed by atoms with Gasteiger partial charge in [-0.05, 0) is 24.3 Å². The summed E-state index contributed by atoms with van der Waals surface area (Å²) in [5.41, 5.74) is 3.06. The SMILES string of the molecule is Clc1ccc2nc(-c3csc4ccccc34)[nH]c2c1. The maximum Gasteiger partial charge on any atom is 0.139 e. The zero-order chi connectivity index (χ0) is 12.8. The van der Waals surface area contributed by atoms with Crippen LogP contribution in [0.25, 0.3) is 32.5 Å². The van der Waals surface area contributed by atoms with E-state index in [1.165, 1.54) is 10.1 Å². The first-order chi connectivity index (χ1) is 9.31. The summed E-state index contributed by atoms with van der Waals surface area (Å²) >= 11 is 7.74. The van der Waals surface area contributed by atoms with Crippen LogP contribution in [0.5, 0.6) is 0 Å². The summed E-state index contributed by atoms with van der Waals surface area (Å²) in [5, 5.41) is 4.10. The van der Waals surface area contributed by atoms with Crippen LogP contribution in [0.2, 0.25) is 5.02 Å². The molecule has 2 aromatic carbocycles. The Labute approximate surface area is 118 Å². The fourth-order valence-electron chi connectivity index (χ4n) is 2.27. The van der Waals surface area contributed by atoms with Crippen LogP contribution < -0.4 is 0 Å². The lowest BCUT2D eigenvalue weighted by Crippen LogP contribution is -1.77. The molecule has 92 valence electrons. The largest absolute Gasteiger partial charge is 0.338 e. The molecular formula is C15H9ClN2S. The van der Waals surface area contributed by atoms with Gasteiger partial charge in [0.25, 0.3) is 0 Å². The zero-order valence-corrected chi connectivity index (χ0v) is 11.4. The van der Waals surface area contributed by atoms with Crippen LogP contribution in [0.15, 0.2) is 47.8 Å². The first kappa shape index (κ1) is 11.0. The molecule has 2 nitrogen and oxygen atoms in total. The first-order valence-electron chi connectivity index (χ1n) is 5.93. The van der Waals surface area contributed by atoms with Gasteiger partial charge in [0, 0.05) is 26.1 Å². The Bertz CT molecular complexity index is 891. The predicted octanol–water partition coefficient (Wildman–Crippen LogP) is 5.10. The van der Waals surface area contributed by atoms with Crippen molar-refractivity contribution >= 4 is 44.1 Å². The van der Waals surface area contributed by atoms with Crippen LogP contribution in [0, 0.1) is 0 Å². The summed E-state index contributed by atoms with van der Waals surface area (Å²) in [7, 11) is 0. The number of aromatic nitrogens is 2.